The zero-order valence-electron chi connectivity index (χ0n) is 19.1. The van der Waals surface area contributed by atoms with Crippen molar-refractivity contribution < 1.29 is 18.7 Å². The van der Waals surface area contributed by atoms with E-state index in [1.54, 1.807) is 37.6 Å². The third-order valence-electron chi connectivity index (χ3n) is 5.86. The second-order valence-corrected chi connectivity index (χ2v) is 8.14. The Labute approximate surface area is 202 Å². The predicted octanol–water partition coefficient (Wildman–Crippen LogP) is 5.46. The molecule has 1 atom stereocenters. The molecule has 0 saturated carbocycles. The van der Waals surface area contributed by atoms with Crippen LogP contribution in [-0.2, 0) is 0 Å². The number of hydrogen-bond donors (Lipinski definition) is 0. The van der Waals surface area contributed by atoms with Gasteiger partial charge in [0.25, 0.3) is 5.91 Å². The van der Waals surface area contributed by atoms with E-state index in [4.69, 9.17) is 14.5 Å². The molecule has 35 heavy (non-hydrogen) atoms. The number of rotatable bonds is 6. The highest BCUT2D eigenvalue weighted by Gasteiger charge is 2.32. The highest BCUT2D eigenvalue weighted by Crippen LogP contribution is 2.33. The van der Waals surface area contributed by atoms with Gasteiger partial charge in [-0.2, -0.15) is 0 Å². The first kappa shape index (κ1) is 22.5. The number of benzene rings is 2. The van der Waals surface area contributed by atoms with Crippen molar-refractivity contribution in [3.05, 3.63) is 96.2 Å². The zero-order chi connectivity index (χ0) is 24.2. The molecule has 0 unspecified atom stereocenters. The summed E-state index contributed by atoms with van der Waals surface area (Å²) in [7, 11) is 1.62. The topological polar surface area (TPSA) is 77.4 Å². The maximum atomic E-state index is 13.5. The van der Waals surface area contributed by atoms with Gasteiger partial charge in [-0.15, -0.1) is 0 Å². The lowest BCUT2D eigenvalue weighted by molar-refractivity contribution is 0.0732. The van der Waals surface area contributed by atoms with Gasteiger partial charge in [0.2, 0.25) is 5.88 Å². The Kier molecular flexibility index (Phi) is 6.34. The number of amides is 1. The summed E-state index contributed by atoms with van der Waals surface area (Å²) in [4.78, 5) is 28.6. The van der Waals surface area contributed by atoms with Crippen LogP contribution in [0.3, 0.4) is 0 Å². The Morgan fingerprint density at radius 3 is 2.69 bits per heavy atom. The molecule has 1 fully saturated rings. The van der Waals surface area contributed by atoms with Crippen LogP contribution in [0.2, 0.25) is 0 Å². The monoisotopic (exact) mass is 470 g/mol. The van der Waals surface area contributed by atoms with Crippen LogP contribution in [0.15, 0.2) is 79.1 Å². The van der Waals surface area contributed by atoms with Crippen LogP contribution in [0, 0.1) is 5.82 Å². The van der Waals surface area contributed by atoms with E-state index in [-0.39, 0.29) is 17.8 Å². The van der Waals surface area contributed by atoms with Crippen LogP contribution < -0.4 is 9.47 Å². The summed E-state index contributed by atoms with van der Waals surface area (Å²) in [5, 5.41) is 0. The maximum Gasteiger partial charge on any atom is 0.254 e. The quantitative estimate of drug-likeness (QED) is 0.373. The van der Waals surface area contributed by atoms with E-state index in [1.807, 2.05) is 35.2 Å². The zero-order valence-corrected chi connectivity index (χ0v) is 19.1. The highest BCUT2D eigenvalue weighted by atomic mass is 19.1. The van der Waals surface area contributed by atoms with Crippen LogP contribution in [0.1, 0.15) is 34.9 Å². The van der Waals surface area contributed by atoms with Crippen molar-refractivity contribution in [2.24, 2.45) is 0 Å². The molecule has 1 aliphatic rings. The first-order valence-corrected chi connectivity index (χ1v) is 11.3. The predicted molar refractivity (Wildman–Crippen MR) is 128 cm³/mol. The Balaban J connectivity index is 1.38. The fourth-order valence-electron chi connectivity index (χ4n) is 4.19. The smallest absolute Gasteiger partial charge is 0.254 e. The fourth-order valence-corrected chi connectivity index (χ4v) is 4.19. The summed E-state index contributed by atoms with van der Waals surface area (Å²) >= 11 is 0. The van der Waals surface area contributed by atoms with Crippen LogP contribution in [0.4, 0.5) is 4.39 Å². The van der Waals surface area contributed by atoms with Crippen LogP contribution in [0.5, 0.6) is 17.4 Å². The standard InChI is InChI=1S/C27H23FN4O3/c1-34-21-7-2-5-18(15-21)26-30-13-11-23(31-26)24-9-4-14-32(24)27(33)19-10-12-29-25(16-19)35-22-8-3-6-20(28)17-22/h2-3,5-8,10-13,15-17,24H,4,9,14H2,1H3/t24-/m1/s1. The van der Waals surface area contributed by atoms with Crippen molar-refractivity contribution in [3.63, 3.8) is 0 Å². The lowest BCUT2D eigenvalue weighted by atomic mass is 10.1. The summed E-state index contributed by atoms with van der Waals surface area (Å²) in [5.74, 6) is 1.29. The van der Waals surface area contributed by atoms with E-state index in [0.717, 1.165) is 29.8 Å². The van der Waals surface area contributed by atoms with Gasteiger partial charge >= 0.3 is 0 Å². The van der Waals surface area contributed by atoms with E-state index in [0.29, 0.717) is 23.7 Å². The van der Waals surface area contributed by atoms with E-state index >= 15 is 0 Å². The number of nitrogens with zero attached hydrogens (tertiary/aromatic N) is 4. The van der Waals surface area contributed by atoms with Crippen LogP contribution in [-0.4, -0.2) is 39.4 Å². The van der Waals surface area contributed by atoms with E-state index < -0.39 is 5.82 Å². The molecule has 1 saturated heterocycles. The molecule has 2 aromatic heterocycles. The van der Waals surface area contributed by atoms with Gasteiger partial charge in [-0.3, -0.25) is 4.79 Å². The molecule has 4 aromatic rings. The largest absolute Gasteiger partial charge is 0.497 e. The molecule has 5 rings (SSSR count). The molecule has 0 bridgehead atoms. The molecule has 0 N–H and O–H groups in total. The molecule has 0 spiro atoms. The van der Waals surface area contributed by atoms with Crippen molar-refractivity contribution in [1.29, 1.82) is 0 Å². The van der Waals surface area contributed by atoms with Gasteiger partial charge in [-0.1, -0.05) is 18.2 Å². The molecule has 176 valence electrons. The molecule has 2 aromatic carbocycles. The first-order valence-electron chi connectivity index (χ1n) is 11.3. The Hall–Kier alpha value is -4.33. The van der Waals surface area contributed by atoms with Gasteiger partial charge in [0.1, 0.15) is 17.3 Å². The van der Waals surface area contributed by atoms with Crippen molar-refractivity contribution in [2.45, 2.75) is 18.9 Å². The number of likely N-dealkylation sites (tertiary alicyclic amines) is 1. The molecule has 0 radical (unpaired) electrons. The number of carbonyl (C=O) groups is 1. The van der Waals surface area contributed by atoms with Crippen molar-refractivity contribution in [3.8, 4) is 28.8 Å². The molecule has 1 aliphatic heterocycles. The number of halogens is 1. The average Bonchev–Trinajstić information content (AvgIpc) is 3.39. The van der Waals surface area contributed by atoms with Gasteiger partial charge in [0.05, 0.1) is 18.8 Å². The third kappa shape index (κ3) is 4.96. The molecule has 7 nitrogen and oxygen atoms in total. The Bertz CT molecular complexity index is 1360. The third-order valence-corrected chi connectivity index (χ3v) is 5.86. The molecule has 1 amide bonds. The van der Waals surface area contributed by atoms with Crippen LogP contribution in [0.25, 0.3) is 11.4 Å². The lowest BCUT2D eigenvalue weighted by Gasteiger charge is -2.24. The number of methoxy groups -OCH3 is 1. The minimum absolute atomic E-state index is 0.138. The normalized spacial score (nSPS) is 15.1. The van der Waals surface area contributed by atoms with Crippen LogP contribution >= 0.6 is 0 Å². The summed E-state index contributed by atoms with van der Waals surface area (Å²) in [6, 6.07) is 18.3. The summed E-state index contributed by atoms with van der Waals surface area (Å²) < 4.78 is 24.5. The molecular formula is C27H23FN4O3. The Morgan fingerprint density at radius 1 is 1.00 bits per heavy atom. The van der Waals surface area contributed by atoms with E-state index in [9.17, 15) is 9.18 Å². The fraction of sp³-hybridized carbons (Fsp3) is 0.185. The molecule has 3 heterocycles. The van der Waals surface area contributed by atoms with E-state index in [1.165, 1.54) is 18.3 Å². The van der Waals surface area contributed by atoms with Crippen molar-refractivity contribution in [2.75, 3.05) is 13.7 Å². The average molecular weight is 471 g/mol. The van der Waals surface area contributed by atoms with Gasteiger partial charge < -0.3 is 14.4 Å². The number of carbonyl (C=O) groups excluding carboxylic acids is 1. The van der Waals surface area contributed by atoms with Crippen molar-refractivity contribution >= 4 is 5.91 Å². The summed E-state index contributed by atoms with van der Waals surface area (Å²) in [6.45, 7) is 0.615. The number of ether oxygens (including phenoxy) is 2. The SMILES string of the molecule is COc1cccc(-c2nccc([C@H]3CCCN3C(=O)c3ccnc(Oc4cccc(F)c4)c3)n2)c1. The van der Waals surface area contributed by atoms with Gasteiger partial charge in [0.15, 0.2) is 5.82 Å². The number of hydrogen-bond acceptors (Lipinski definition) is 6. The second-order valence-electron chi connectivity index (χ2n) is 8.14. The lowest BCUT2D eigenvalue weighted by Crippen LogP contribution is -2.31. The summed E-state index contributed by atoms with van der Waals surface area (Å²) in [6.07, 6.45) is 4.90. The molecule has 0 aliphatic carbocycles. The second kappa shape index (κ2) is 9.89. The summed E-state index contributed by atoms with van der Waals surface area (Å²) in [5.41, 5.74) is 2.07. The number of pyridine rings is 1. The van der Waals surface area contributed by atoms with E-state index in [2.05, 4.69) is 9.97 Å². The minimum atomic E-state index is -0.409. The van der Waals surface area contributed by atoms with Crippen molar-refractivity contribution in [1.82, 2.24) is 19.9 Å². The molecular weight excluding hydrogens is 447 g/mol. The minimum Gasteiger partial charge on any atom is -0.497 e. The highest BCUT2D eigenvalue weighted by molar-refractivity contribution is 5.94. The maximum absolute atomic E-state index is 13.5. The molecule has 8 heteroatoms. The van der Waals surface area contributed by atoms with Gasteiger partial charge in [-0.05, 0) is 49.2 Å². The van der Waals surface area contributed by atoms with Gasteiger partial charge in [-0.25, -0.2) is 19.3 Å². The first-order chi connectivity index (χ1) is 17.1. The Morgan fingerprint density at radius 2 is 1.83 bits per heavy atom. The van der Waals surface area contributed by atoms with Gasteiger partial charge in [0, 0.05) is 42.2 Å². The number of aromatic nitrogens is 3.